The van der Waals surface area contributed by atoms with Crippen molar-refractivity contribution in [1.82, 2.24) is 4.98 Å². The first kappa shape index (κ1) is 15.1. The van der Waals surface area contributed by atoms with E-state index in [2.05, 4.69) is 9.71 Å². The molecule has 9 heteroatoms. The number of carboxylic acids is 1. The van der Waals surface area contributed by atoms with Crippen molar-refractivity contribution in [3.05, 3.63) is 47.2 Å². The lowest BCUT2D eigenvalue weighted by Gasteiger charge is -2.11. The summed E-state index contributed by atoms with van der Waals surface area (Å²) in [7, 11) is -4.10. The van der Waals surface area contributed by atoms with Crippen LogP contribution in [0.1, 0.15) is 10.4 Å². The molecule has 0 aliphatic rings. The Hall–Kier alpha value is -2.32. The lowest BCUT2D eigenvalue weighted by atomic mass is 10.2. The van der Waals surface area contributed by atoms with E-state index in [0.717, 1.165) is 12.1 Å². The maximum Gasteiger partial charge on any atom is 0.337 e. The van der Waals surface area contributed by atoms with E-state index in [-0.39, 0.29) is 16.5 Å². The predicted octanol–water partition coefficient (Wildman–Crippen LogP) is 1.82. The molecule has 0 spiro atoms. The Morgan fingerprint density at radius 3 is 2.62 bits per heavy atom. The fraction of sp³-hybridized carbons (Fsp3) is 0. The van der Waals surface area contributed by atoms with Gasteiger partial charge in [-0.3, -0.25) is 4.72 Å². The molecule has 1 aromatic heterocycles. The van der Waals surface area contributed by atoms with Gasteiger partial charge in [0.1, 0.15) is 10.0 Å². The topological polar surface area (TPSA) is 122 Å². The first-order chi connectivity index (χ1) is 9.79. The van der Waals surface area contributed by atoms with Crippen LogP contribution in [0.4, 0.5) is 11.4 Å². The minimum absolute atomic E-state index is 0.103. The van der Waals surface area contributed by atoms with Crippen molar-refractivity contribution >= 4 is 39.0 Å². The van der Waals surface area contributed by atoms with Crippen molar-refractivity contribution in [2.24, 2.45) is 0 Å². The number of hydrogen-bond acceptors (Lipinski definition) is 5. The number of pyridine rings is 1. The molecule has 2 aromatic rings. The molecule has 0 aliphatic heterocycles. The molecule has 7 nitrogen and oxygen atoms in total. The van der Waals surface area contributed by atoms with Crippen LogP contribution >= 0.6 is 11.6 Å². The Balaban J connectivity index is 2.47. The SMILES string of the molecule is Nc1ccc(S(=O)(=O)Nc2ccnc(Cl)c2)c(C(=O)O)c1. The molecule has 1 aromatic carbocycles. The van der Waals surface area contributed by atoms with E-state index in [0.29, 0.717) is 0 Å². The maximum atomic E-state index is 12.3. The zero-order valence-electron chi connectivity index (χ0n) is 10.4. The number of benzene rings is 1. The van der Waals surface area contributed by atoms with Crippen LogP contribution in [0.25, 0.3) is 0 Å². The van der Waals surface area contributed by atoms with E-state index in [1.807, 2.05) is 0 Å². The van der Waals surface area contributed by atoms with Gasteiger partial charge in [-0.05, 0) is 30.3 Å². The number of hydrogen-bond donors (Lipinski definition) is 3. The van der Waals surface area contributed by atoms with E-state index in [9.17, 15) is 13.2 Å². The number of nitrogens with zero attached hydrogens (tertiary/aromatic N) is 1. The van der Waals surface area contributed by atoms with Gasteiger partial charge in [0.15, 0.2) is 0 Å². The van der Waals surface area contributed by atoms with E-state index in [1.54, 1.807) is 0 Å². The highest BCUT2D eigenvalue weighted by Crippen LogP contribution is 2.22. The maximum absolute atomic E-state index is 12.3. The van der Waals surface area contributed by atoms with Crippen molar-refractivity contribution in [1.29, 1.82) is 0 Å². The zero-order chi connectivity index (χ0) is 15.6. The largest absolute Gasteiger partial charge is 0.478 e. The molecule has 0 bridgehead atoms. The van der Waals surface area contributed by atoms with E-state index < -0.39 is 26.5 Å². The molecule has 2 rings (SSSR count). The summed E-state index contributed by atoms with van der Waals surface area (Å²) >= 11 is 5.67. The zero-order valence-corrected chi connectivity index (χ0v) is 12.0. The number of halogens is 1. The second kappa shape index (κ2) is 5.58. The summed E-state index contributed by atoms with van der Waals surface area (Å²) in [5, 5.41) is 9.19. The highest BCUT2D eigenvalue weighted by Gasteiger charge is 2.22. The van der Waals surface area contributed by atoms with Gasteiger partial charge in [0.2, 0.25) is 0 Å². The standard InChI is InChI=1S/C12H10ClN3O4S/c13-11-6-8(3-4-15-11)16-21(19,20)10-2-1-7(14)5-9(10)12(17)18/h1-6H,14H2,(H,15,16)(H,17,18). The highest BCUT2D eigenvalue weighted by atomic mass is 35.5. The number of anilines is 2. The minimum atomic E-state index is -4.10. The lowest BCUT2D eigenvalue weighted by Crippen LogP contribution is -2.17. The number of carbonyl (C=O) groups is 1. The third-order valence-electron chi connectivity index (χ3n) is 2.50. The summed E-state index contributed by atoms with van der Waals surface area (Å²) in [4.78, 5) is 14.5. The highest BCUT2D eigenvalue weighted by molar-refractivity contribution is 7.92. The van der Waals surface area contributed by atoms with Gasteiger partial charge in [-0.1, -0.05) is 11.6 Å². The van der Waals surface area contributed by atoms with Gasteiger partial charge in [0.05, 0.1) is 11.3 Å². The van der Waals surface area contributed by atoms with Crippen LogP contribution in [0.15, 0.2) is 41.4 Å². The number of aromatic carboxylic acids is 1. The summed E-state index contributed by atoms with van der Waals surface area (Å²) in [5.41, 5.74) is 5.38. The van der Waals surface area contributed by atoms with Gasteiger partial charge in [-0.2, -0.15) is 0 Å². The normalized spacial score (nSPS) is 11.1. The van der Waals surface area contributed by atoms with Gasteiger partial charge in [-0.25, -0.2) is 18.2 Å². The van der Waals surface area contributed by atoms with Crippen LogP contribution in [-0.2, 0) is 10.0 Å². The van der Waals surface area contributed by atoms with Crippen LogP contribution in [0.3, 0.4) is 0 Å². The van der Waals surface area contributed by atoms with Crippen LogP contribution in [0.5, 0.6) is 0 Å². The third-order valence-corrected chi connectivity index (χ3v) is 4.15. The molecule has 0 unspecified atom stereocenters. The molecule has 4 N–H and O–H groups in total. The number of sulfonamides is 1. The molecule has 1 heterocycles. The second-order valence-electron chi connectivity index (χ2n) is 4.03. The summed E-state index contributed by atoms with van der Waals surface area (Å²) in [6, 6.07) is 6.21. The van der Waals surface area contributed by atoms with Crippen molar-refractivity contribution in [3.63, 3.8) is 0 Å². The summed E-state index contributed by atoms with van der Waals surface area (Å²) in [6.45, 7) is 0. The molecular formula is C12H10ClN3O4S. The van der Waals surface area contributed by atoms with Crippen LogP contribution in [0.2, 0.25) is 5.15 Å². The molecule has 0 fully saturated rings. The van der Waals surface area contributed by atoms with Crippen LogP contribution in [0, 0.1) is 0 Å². The average molecular weight is 328 g/mol. The van der Waals surface area contributed by atoms with Crippen molar-refractivity contribution in [2.75, 3.05) is 10.5 Å². The van der Waals surface area contributed by atoms with Gasteiger partial charge < -0.3 is 10.8 Å². The minimum Gasteiger partial charge on any atom is -0.478 e. The first-order valence-electron chi connectivity index (χ1n) is 5.57. The van der Waals surface area contributed by atoms with Gasteiger partial charge in [-0.15, -0.1) is 0 Å². The summed E-state index contributed by atoms with van der Waals surface area (Å²) in [6.07, 6.45) is 1.32. The monoisotopic (exact) mass is 327 g/mol. The van der Waals surface area contributed by atoms with Crippen molar-refractivity contribution in [3.8, 4) is 0 Å². The molecule has 0 atom stereocenters. The summed E-state index contributed by atoms with van der Waals surface area (Å²) < 4.78 is 26.8. The van der Waals surface area contributed by atoms with Gasteiger partial charge >= 0.3 is 5.97 Å². The number of nitrogen functional groups attached to an aromatic ring is 1. The molecule has 0 saturated heterocycles. The Morgan fingerprint density at radius 1 is 1.29 bits per heavy atom. The van der Waals surface area contributed by atoms with E-state index in [1.165, 1.54) is 24.4 Å². The predicted molar refractivity (Wildman–Crippen MR) is 77.9 cm³/mol. The van der Waals surface area contributed by atoms with Crippen molar-refractivity contribution in [2.45, 2.75) is 4.90 Å². The number of carboxylic acid groups (broad SMARTS) is 1. The molecule has 0 saturated carbocycles. The van der Waals surface area contributed by atoms with Crippen molar-refractivity contribution < 1.29 is 18.3 Å². The molecule has 0 amide bonds. The van der Waals surface area contributed by atoms with Gasteiger partial charge in [0.25, 0.3) is 10.0 Å². The second-order valence-corrected chi connectivity index (χ2v) is 6.07. The summed E-state index contributed by atoms with van der Waals surface area (Å²) in [5.74, 6) is -1.39. The quantitative estimate of drug-likeness (QED) is 0.581. The van der Waals surface area contributed by atoms with Crippen LogP contribution in [-0.4, -0.2) is 24.5 Å². The molecule has 0 aliphatic carbocycles. The average Bonchev–Trinajstić information content (AvgIpc) is 2.37. The molecule has 110 valence electrons. The Bertz CT molecular complexity index is 808. The number of aromatic nitrogens is 1. The fourth-order valence-corrected chi connectivity index (χ4v) is 3.03. The number of rotatable bonds is 4. The smallest absolute Gasteiger partial charge is 0.337 e. The van der Waals surface area contributed by atoms with E-state index in [4.69, 9.17) is 22.4 Å². The Kier molecular flexibility index (Phi) is 4.01. The Morgan fingerprint density at radius 2 is 2.00 bits per heavy atom. The fourth-order valence-electron chi connectivity index (χ4n) is 1.63. The molecular weight excluding hydrogens is 318 g/mol. The first-order valence-corrected chi connectivity index (χ1v) is 7.43. The van der Waals surface area contributed by atoms with Gasteiger partial charge in [0, 0.05) is 11.9 Å². The van der Waals surface area contributed by atoms with E-state index >= 15 is 0 Å². The Labute approximate surface area is 125 Å². The number of nitrogens with one attached hydrogen (secondary N) is 1. The lowest BCUT2D eigenvalue weighted by molar-refractivity contribution is 0.0692. The number of nitrogens with two attached hydrogens (primary N) is 1. The van der Waals surface area contributed by atoms with Crippen LogP contribution < -0.4 is 10.5 Å². The molecule has 21 heavy (non-hydrogen) atoms. The molecule has 0 radical (unpaired) electrons. The third kappa shape index (κ3) is 3.41.